The van der Waals surface area contributed by atoms with Crippen LogP contribution in [0.4, 0.5) is 11.4 Å². The van der Waals surface area contributed by atoms with Gasteiger partial charge in [-0.15, -0.1) is 0 Å². The molecule has 0 radical (unpaired) electrons. The zero-order chi connectivity index (χ0) is 38.4. The molecule has 0 spiro atoms. The first-order valence-electron chi connectivity index (χ1n) is 14.3. The van der Waals surface area contributed by atoms with Gasteiger partial charge in [-0.2, -0.15) is 21.4 Å². The summed E-state index contributed by atoms with van der Waals surface area (Å²) < 4.78 is 74.7. The van der Waals surface area contributed by atoms with E-state index in [0.29, 0.717) is 33.9 Å². The van der Waals surface area contributed by atoms with Crippen molar-refractivity contribution in [3.8, 4) is 0 Å². The van der Waals surface area contributed by atoms with E-state index in [1.807, 2.05) is 0 Å². The summed E-state index contributed by atoms with van der Waals surface area (Å²) in [6.07, 6.45) is 10.6. The highest BCUT2D eigenvalue weighted by Crippen LogP contribution is 2.53. The molecular formula is C31H27I6N2O10S2+. The fourth-order valence-electron chi connectivity index (χ4n) is 6.35. The Hall–Kier alpha value is 0.0100. The van der Waals surface area contributed by atoms with E-state index in [1.165, 1.54) is 9.48 Å². The van der Waals surface area contributed by atoms with Crippen LogP contribution in [0.3, 0.4) is 0 Å². The summed E-state index contributed by atoms with van der Waals surface area (Å²) in [7, 11) is -9.05. The molecule has 274 valence electrons. The second-order valence-corrected chi connectivity index (χ2v) is 21.4. The number of hydrogen-bond acceptors (Lipinski definition) is 7. The average Bonchev–Trinajstić information content (AvgIpc) is 3.30. The van der Waals surface area contributed by atoms with Crippen molar-refractivity contribution in [2.24, 2.45) is 0 Å². The fraction of sp³-hybridized carbons (Fsp3) is 0.258. The third-order valence-corrected chi connectivity index (χ3v) is 19.6. The highest BCUT2D eigenvalue weighted by molar-refractivity contribution is 14.1. The van der Waals surface area contributed by atoms with Gasteiger partial charge in [0.05, 0.1) is 23.8 Å². The van der Waals surface area contributed by atoms with Crippen LogP contribution in [0.25, 0.3) is 0 Å². The monoisotopic (exact) mass is 1410 g/mol. The molecule has 4 rings (SSSR count). The van der Waals surface area contributed by atoms with Gasteiger partial charge in [0.15, 0.2) is 11.6 Å². The zero-order valence-corrected chi connectivity index (χ0v) is 40.8. The summed E-state index contributed by atoms with van der Waals surface area (Å²) in [6, 6.07) is 3.54. The van der Waals surface area contributed by atoms with Crippen molar-refractivity contribution >= 4 is 185 Å². The first-order chi connectivity index (χ1) is 23.4. The van der Waals surface area contributed by atoms with Crippen LogP contribution in [0.1, 0.15) is 37.8 Å². The molecule has 0 aliphatic carbocycles. The van der Waals surface area contributed by atoms with Gasteiger partial charge in [-0.3, -0.25) is 18.7 Å². The number of nitrogens with zero attached hydrogens (tertiary/aromatic N) is 2. The van der Waals surface area contributed by atoms with Crippen LogP contribution in [0.2, 0.25) is 0 Å². The van der Waals surface area contributed by atoms with Crippen molar-refractivity contribution in [3.63, 3.8) is 0 Å². The Balaban J connectivity index is 1.78. The van der Waals surface area contributed by atoms with Crippen molar-refractivity contribution in [2.45, 2.75) is 37.5 Å². The molecule has 0 amide bonds. The van der Waals surface area contributed by atoms with Gasteiger partial charge in [-0.1, -0.05) is 30.4 Å². The molecule has 2 atom stereocenters. The summed E-state index contributed by atoms with van der Waals surface area (Å²) in [5, 5.41) is 19.8. The molecule has 20 heteroatoms. The number of carbonyl (C=O) groups is 2. The highest BCUT2D eigenvalue weighted by atomic mass is 127. The Bertz CT molecular complexity index is 2240. The maximum Gasteiger partial charge on any atom is 0.326 e. The van der Waals surface area contributed by atoms with E-state index in [-0.39, 0.29) is 12.8 Å². The highest BCUT2D eigenvalue weighted by Gasteiger charge is 2.52. The van der Waals surface area contributed by atoms with Gasteiger partial charge in [0, 0.05) is 55.9 Å². The van der Waals surface area contributed by atoms with Crippen LogP contribution >= 0.6 is 136 Å². The second-order valence-electron chi connectivity index (χ2n) is 11.9. The summed E-state index contributed by atoms with van der Waals surface area (Å²) in [6.45, 7) is 3.44. The Morgan fingerprint density at radius 1 is 0.745 bits per heavy atom. The number of fused-ring (bicyclic) bond motifs is 2. The molecule has 0 bridgehead atoms. The number of benzene rings is 2. The van der Waals surface area contributed by atoms with E-state index in [2.05, 4.69) is 136 Å². The van der Waals surface area contributed by atoms with E-state index in [0.717, 1.165) is 21.4 Å². The molecule has 4 N–H and O–H groups in total. The van der Waals surface area contributed by atoms with Crippen LogP contribution < -0.4 is 4.90 Å². The molecule has 12 nitrogen and oxygen atoms in total. The first kappa shape index (κ1) is 43.7. The standard InChI is InChI=1S/C31H26I6N2O10S2/c1-30(12-22(40)41)20(38(14-50(44,45)46)18-10-16(32)26(34)28(36)24(18)30)8-6-4-3-5-7-9-21-31(2,13-23(42)43)25-19(39(21)15-51(47,48)49)11-17(33)27(35)29(25)37/h3-11H,12-15H2,1-2H3,(H3-,40,41,42,43,44,45,46,47,48,49)/p+1. The van der Waals surface area contributed by atoms with Gasteiger partial charge >= 0.3 is 22.1 Å². The largest absolute Gasteiger partial charge is 0.481 e. The third-order valence-electron chi connectivity index (χ3n) is 8.23. The smallest absolute Gasteiger partial charge is 0.326 e. The average molecular weight is 1410 g/mol. The van der Waals surface area contributed by atoms with E-state index < -0.39 is 54.8 Å². The SMILES string of the molecule is CC1(CC(=O)O)C(/C=C/C=C/C=C/C=C2\N(CS(=O)(=O)O)c3cc(I)c(I)c(I)c3C2(C)CC(=O)O)=[N+](CS(=O)(=O)O)c2cc(I)c(I)c(I)c21. The van der Waals surface area contributed by atoms with Gasteiger partial charge in [0.25, 0.3) is 16.0 Å². The quantitative estimate of drug-likeness (QED) is 0.0538. The lowest BCUT2D eigenvalue weighted by Gasteiger charge is -2.28. The molecule has 0 saturated heterocycles. The van der Waals surface area contributed by atoms with Crippen molar-refractivity contribution < 1.29 is 50.3 Å². The minimum absolute atomic E-state index is 0.347. The predicted octanol–water partition coefficient (Wildman–Crippen LogP) is 7.64. The molecule has 51 heavy (non-hydrogen) atoms. The van der Waals surface area contributed by atoms with E-state index in [9.17, 15) is 45.7 Å². The molecule has 0 aromatic heterocycles. The lowest BCUT2D eigenvalue weighted by atomic mass is 9.76. The number of carboxylic acid groups (broad SMARTS) is 2. The number of allylic oxidation sites excluding steroid dienone is 8. The van der Waals surface area contributed by atoms with Crippen LogP contribution in [-0.2, 0) is 40.7 Å². The lowest BCUT2D eigenvalue weighted by molar-refractivity contribution is -0.416. The molecule has 2 aliphatic rings. The Morgan fingerprint density at radius 3 is 1.80 bits per heavy atom. The number of halogens is 6. The van der Waals surface area contributed by atoms with Gasteiger partial charge in [-0.05, 0) is 162 Å². The van der Waals surface area contributed by atoms with E-state index in [4.69, 9.17) is 0 Å². The van der Waals surface area contributed by atoms with Crippen LogP contribution in [0, 0.1) is 21.4 Å². The summed E-state index contributed by atoms with van der Waals surface area (Å²) in [5.41, 5.74) is 0.676. The zero-order valence-electron chi connectivity index (χ0n) is 26.2. The summed E-state index contributed by atoms with van der Waals surface area (Å²) in [5.74, 6) is -3.75. The van der Waals surface area contributed by atoms with Gasteiger partial charge < -0.3 is 15.1 Å². The molecule has 2 unspecified atom stereocenters. The molecule has 2 aromatic rings. The van der Waals surface area contributed by atoms with Crippen molar-refractivity contribution in [2.75, 3.05) is 16.7 Å². The first-order valence-corrected chi connectivity index (χ1v) is 24.0. The second kappa shape index (κ2) is 16.6. The molecule has 2 aliphatic heterocycles. The van der Waals surface area contributed by atoms with Gasteiger partial charge in [0.1, 0.15) is 0 Å². The van der Waals surface area contributed by atoms with Gasteiger partial charge in [0.2, 0.25) is 5.69 Å². The third kappa shape index (κ3) is 9.52. The van der Waals surface area contributed by atoms with Crippen molar-refractivity contribution in [3.05, 3.63) is 92.9 Å². The minimum atomic E-state index is -4.52. The van der Waals surface area contributed by atoms with Crippen LogP contribution in [0.5, 0.6) is 0 Å². The summed E-state index contributed by atoms with van der Waals surface area (Å²) in [4.78, 5) is 25.6. The lowest BCUT2D eigenvalue weighted by Crippen LogP contribution is -2.35. The normalized spacial score (nSPS) is 21.5. The van der Waals surface area contributed by atoms with Crippen molar-refractivity contribution in [1.29, 1.82) is 0 Å². The summed E-state index contributed by atoms with van der Waals surface area (Å²) >= 11 is 12.8. The number of aliphatic carboxylic acids is 2. The molecule has 2 heterocycles. The Kier molecular flexibility index (Phi) is 14.3. The van der Waals surface area contributed by atoms with Crippen LogP contribution in [0.15, 0.2) is 60.4 Å². The molecule has 0 saturated carbocycles. The van der Waals surface area contributed by atoms with Crippen LogP contribution in [-0.4, -0.2) is 70.1 Å². The molecule has 0 fully saturated rings. The van der Waals surface area contributed by atoms with E-state index in [1.54, 1.807) is 68.5 Å². The van der Waals surface area contributed by atoms with E-state index >= 15 is 0 Å². The molecular weight excluding hydrogens is 1390 g/mol. The molecule has 2 aromatic carbocycles. The number of rotatable bonds is 12. The Labute approximate surface area is 376 Å². The fourth-order valence-corrected chi connectivity index (χ4v) is 12.9. The maximum atomic E-state index is 12.1. The Morgan fingerprint density at radius 2 is 1.25 bits per heavy atom. The topological polar surface area (TPSA) is 190 Å². The predicted molar refractivity (Wildman–Crippen MR) is 244 cm³/mol. The minimum Gasteiger partial charge on any atom is -0.481 e. The maximum absolute atomic E-state index is 12.1. The van der Waals surface area contributed by atoms with Crippen molar-refractivity contribution in [1.82, 2.24) is 0 Å². The number of carboxylic acids is 2. The number of anilines is 1. The number of hydrogen-bond donors (Lipinski definition) is 4. The van der Waals surface area contributed by atoms with Gasteiger partial charge in [-0.25, -0.2) is 0 Å².